The summed E-state index contributed by atoms with van der Waals surface area (Å²) in [6.45, 7) is 0.895. The first-order chi connectivity index (χ1) is 6.58. The summed E-state index contributed by atoms with van der Waals surface area (Å²) < 4.78 is 21.1. The van der Waals surface area contributed by atoms with E-state index in [1.807, 2.05) is 18.2 Å². The molecule has 2 radical (unpaired) electrons. The van der Waals surface area contributed by atoms with Crippen LogP contribution in [-0.2, 0) is 16.4 Å². The Labute approximate surface area is 84.3 Å². The third-order valence-corrected chi connectivity index (χ3v) is 2.37. The average molecular weight is 212 g/mol. The molecule has 0 saturated heterocycles. The van der Waals surface area contributed by atoms with E-state index in [1.165, 1.54) is 0 Å². The van der Waals surface area contributed by atoms with E-state index in [0.717, 1.165) is 5.69 Å². The SMILES string of the molecule is [CH]S(=O)(=O)CCNCc1ccccn1. The van der Waals surface area contributed by atoms with Crippen molar-refractivity contribution in [3.05, 3.63) is 36.3 Å². The second-order valence-corrected chi connectivity index (χ2v) is 4.60. The summed E-state index contributed by atoms with van der Waals surface area (Å²) in [6, 6.07) is 5.57. The van der Waals surface area contributed by atoms with Crippen molar-refractivity contribution in [2.45, 2.75) is 6.54 Å². The molecule has 5 heteroatoms. The van der Waals surface area contributed by atoms with Crippen LogP contribution in [0.1, 0.15) is 5.69 Å². The average Bonchev–Trinajstić information content (AvgIpc) is 2.13. The normalized spacial score (nSPS) is 11.5. The Hall–Kier alpha value is -0.940. The number of hydrogen-bond donors (Lipinski definition) is 1. The molecular formula is C9H12N2O2S. The molecule has 0 amide bonds. The second-order valence-electron chi connectivity index (χ2n) is 2.86. The van der Waals surface area contributed by atoms with Gasteiger partial charge in [0, 0.05) is 19.3 Å². The summed E-state index contributed by atoms with van der Waals surface area (Å²) >= 11 is 0. The number of rotatable bonds is 5. The van der Waals surface area contributed by atoms with E-state index in [9.17, 15) is 8.42 Å². The van der Waals surface area contributed by atoms with Crippen LogP contribution in [0.25, 0.3) is 0 Å². The molecule has 0 aliphatic carbocycles. The molecule has 1 aromatic heterocycles. The van der Waals surface area contributed by atoms with Gasteiger partial charge in [-0.05, 0) is 12.1 Å². The fourth-order valence-corrected chi connectivity index (χ4v) is 1.36. The van der Waals surface area contributed by atoms with Gasteiger partial charge in [0.05, 0.1) is 17.7 Å². The van der Waals surface area contributed by atoms with Crippen LogP contribution in [-0.4, -0.2) is 25.7 Å². The summed E-state index contributed by atoms with van der Waals surface area (Å²) in [4.78, 5) is 4.07. The molecule has 4 nitrogen and oxygen atoms in total. The van der Waals surface area contributed by atoms with E-state index in [1.54, 1.807) is 6.20 Å². The van der Waals surface area contributed by atoms with Gasteiger partial charge in [-0.1, -0.05) is 6.07 Å². The molecule has 0 bridgehead atoms. The molecule has 14 heavy (non-hydrogen) atoms. The highest BCUT2D eigenvalue weighted by molar-refractivity contribution is 7.92. The quantitative estimate of drug-likeness (QED) is 0.711. The Bertz CT molecular complexity index is 362. The number of sulfone groups is 1. The highest BCUT2D eigenvalue weighted by Crippen LogP contribution is 1.91. The minimum absolute atomic E-state index is 0.0557. The molecule has 1 N–H and O–H groups in total. The first-order valence-corrected chi connectivity index (χ1v) is 5.90. The van der Waals surface area contributed by atoms with Gasteiger partial charge in [0.15, 0.2) is 9.84 Å². The van der Waals surface area contributed by atoms with Crippen molar-refractivity contribution in [1.29, 1.82) is 0 Å². The summed E-state index contributed by atoms with van der Waals surface area (Å²) in [5, 5.41) is 2.94. The minimum Gasteiger partial charge on any atom is -0.310 e. The van der Waals surface area contributed by atoms with E-state index in [-0.39, 0.29) is 5.75 Å². The Morgan fingerprint density at radius 3 is 2.79 bits per heavy atom. The predicted molar refractivity (Wildman–Crippen MR) is 54.0 cm³/mol. The Morgan fingerprint density at radius 2 is 2.21 bits per heavy atom. The van der Waals surface area contributed by atoms with Crippen LogP contribution in [0.3, 0.4) is 0 Å². The van der Waals surface area contributed by atoms with E-state index in [4.69, 9.17) is 6.26 Å². The maximum Gasteiger partial charge on any atom is 0.157 e. The molecule has 1 aromatic rings. The standard InChI is InChI=1S/C9H12N2O2S/c1-14(12,13)7-6-10-8-9-4-2-3-5-11-9/h1-5,10H,6-8H2. The van der Waals surface area contributed by atoms with Gasteiger partial charge in [-0.15, -0.1) is 0 Å². The zero-order valence-electron chi connectivity index (χ0n) is 7.68. The van der Waals surface area contributed by atoms with Gasteiger partial charge in [0.2, 0.25) is 0 Å². The number of aromatic nitrogens is 1. The van der Waals surface area contributed by atoms with Crippen LogP contribution in [0.4, 0.5) is 0 Å². The first-order valence-electron chi connectivity index (χ1n) is 4.19. The fourth-order valence-electron chi connectivity index (χ4n) is 0.934. The summed E-state index contributed by atoms with van der Waals surface area (Å²) in [5.74, 6) is -0.0557. The molecule has 0 aliphatic heterocycles. The Morgan fingerprint density at radius 1 is 1.43 bits per heavy atom. The summed E-state index contributed by atoms with van der Waals surface area (Å²) in [6.07, 6.45) is 6.52. The Balaban J connectivity index is 2.23. The number of nitrogens with zero attached hydrogens (tertiary/aromatic N) is 1. The first kappa shape index (κ1) is 11.1. The van der Waals surface area contributed by atoms with Crippen LogP contribution >= 0.6 is 0 Å². The molecule has 76 valence electrons. The fraction of sp³-hybridized carbons (Fsp3) is 0.333. The highest BCUT2D eigenvalue weighted by atomic mass is 32.2. The third kappa shape index (κ3) is 4.94. The van der Waals surface area contributed by atoms with E-state index < -0.39 is 9.84 Å². The van der Waals surface area contributed by atoms with Gasteiger partial charge in [-0.2, -0.15) is 0 Å². The molecule has 0 unspecified atom stereocenters. The van der Waals surface area contributed by atoms with Crippen molar-refractivity contribution in [2.75, 3.05) is 12.3 Å². The molecule has 0 atom stereocenters. The smallest absolute Gasteiger partial charge is 0.157 e. The molecule has 0 saturated carbocycles. The molecular weight excluding hydrogens is 200 g/mol. The van der Waals surface area contributed by atoms with Crippen LogP contribution < -0.4 is 5.32 Å². The molecule has 1 heterocycles. The molecule has 0 aliphatic rings. The van der Waals surface area contributed by atoms with Gasteiger partial charge in [-0.25, -0.2) is 8.42 Å². The van der Waals surface area contributed by atoms with Crippen molar-refractivity contribution in [3.8, 4) is 0 Å². The number of hydrogen-bond acceptors (Lipinski definition) is 4. The van der Waals surface area contributed by atoms with Gasteiger partial charge >= 0.3 is 0 Å². The van der Waals surface area contributed by atoms with E-state index >= 15 is 0 Å². The topological polar surface area (TPSA) is 59.1 Å². The van der Waals surface area contributed by atoms with Gasteiger partial charge in [-0.3, -0.25) is 4.98 Å². The zero-order chi connectivity index (χ0) is 10.4. The highest BCUT2D eigenvalue weighted by Gasteiger charge is 2.01. The second kappa shape index (κ2) is 5.07. The lowest BCUT2D eigenvalue weighted by molar-refractivity contribution is 0.598. The lowest BCUT2D eigenvalue weighted by atomic mass is 10.3. The predicted octanol–water partition coefficient (Wildman–Crippen LogP) is 0.255. The lowest BCUT2D eigenvalue weighted by Gasteiger charge is -2.02. The van der Waals surface area contributed by atoms with Gasteiger partial charge in [0.1, 0.15) is 0 Å². The van der Waals surface area contributed by atoms with Gasteiger partial charge < -0.3 is 5.32 Å². The minimum atomic E-state index is -3.36. The number of pyridine rings is 1. The van der Waals surface area contributed by atoms with Crippen molar-refractivity contribution >= 4 is 9.84 Å². The van der Waals surface area contributed by atoms with Gasteiger partial charge in [0.25, 0.3) is 0 Å². The number of nitrogens with one attached hydrogen (secondary N) is 1. The van der Waals surface area contributed by atoms with Crippen LogP contribution in [0.5, 0.6) is 0 Å². The van der Waals surface area contributed by atoms with E-state index in [0.29, 0.717) is 13.1 Å². The largest absolute Gasteiger partial charge is 0.310 e. The maximum atomic E-state index is 10.6. The molecule has 0 aromatic carbocycles. The molecule has 1 rings (SSSR count). The lowest BCUT2D eigenvalue weighted by Crippen LogP contribution is -2.21. The zero-order valence-corrected chi connectivity index (χ0v) is 8.50. The van der Waals surface area contributed by atoms with E-state index in [2.05, 4.69) is 10.3 Å². The summed E-state index contributed by atoms with van der Waals surface area (Å²) in [5.41, 5.74) is 0.877. The van der Waals surface area contributed by atoms with Crippen LogP contribution in [0.15, 0.2) is 24.4 Å². The monoisotopic (exact) mass is 212 g/mol. The maximum absolute atomic E-state index is 10.6. The third-order valence-electron chi connectivity index (χ3n) is 1.60. The Kier molecular flexibility index (Phi) is 4.03. The summed E-state index contributed by atoms with van der Waals surface area (Å²) in [7, 11) is -3.36. The van der Waals surface area contributed by atoms with Crippen molar-refractivity contribution in [1.82, 2.24) is 10.3 Å². The van der Waals surface area contributed by atoms with Crippen molar-refractivity contribution < 1.29 is 8.42 Å². The van der Waals surface area contributed by atoms with Crippen LogP contribution in [0.2, 0.25) is 0 Å². The van der Waals surface area contributed by atoms with Crippen molar-refractivity contribution in [2.24, 2.45) is 0 Å². The molecule has 0 fully saturated rings. The van der Waals surface area contributed by atoms with Crippen LogP contribution in [0, 0.1) is 6.26 Å². The van der Waals surface area contributed by atoms with Crippen molar-refractivity contribution in [3.63, 3.8) is 0 Å². The molecule has 0 spiro atoms.